The number of amides is 1. The highest BCUT2D eigenvalue weighted by Crippen LogP contribution is 2.38. The first-order chi connectivity index (χ1) is 15.9. The SMILES string of the molecule is CS(=O)C1CCN(C(=O)c2cnc3c(F)cc(F)cc3c2N2CCC3(CC2)OCCO3)CC1. The summed E-state index contributed by atoms with van der Waals surface area (Å²) in [5.41, 5.74) is 0.863. The molecule has 0 N–H and O–H groups in total. The van der Waals surface area contributed by atoms with Crippen LogP contribution in [-0.2, 0) is 20.3 Å². The maximum absolute atomic E-state index is 14.6. The van der Waals surface area contributed by atoms with Gasteiger partial charge < -0.3 is 19.3 Å². The first kappa shape index (κ1) is 22.6. The van der Waals surface area contributed by atoms with Gasteiger partial charge in [0.2, 0.25) is 0 Å². The number of anilines is 1. The number of likely N-dealkylation sites (tertiary alicyclic amines) is 1. The summed E-state index contributed by atoms with van der Waals surface area (Å²) in [5.74, 6) is -2.31. The number of carbonyl (C=O) groups is 1. The van der Waals surface area contributed by atoms with E-state index in [1.807, 2.05) is 4.90 Å². The number of hydrogen-bond donors (Lipinski definition) is 0. The number of pyridine rings is 1. The number of hydrogen-bond acceptors (Lipinski definition) is 6. The topological polar surface area (TPSA) is 72.0 Å². The Balaban J connectivity index is 1.51. The number of aromatic nitrogens is 1. The van der Waals surface area contributed by atoms with Crippen LogP contribution in [0.1, 0.15) is 36.0 Å². The molecule has 2 aromatic rings. The standard InChI is InChI=1S/C23H27F2N3O4S/c1-33(30)16-2-6-28(7-3-16)22(29)18-14-26-20-17(12-15(24)13-19(20)25)21(18)27-8-4-23(5-9-27)31-10-11-32-23/h12-14,16H,2-11H2,1H3. The second-order valence-electron chi connectivity index (χ2n) is 8.89. The van der Waals surface area contributed by atoms with Crippen LogP contribution >= 0.6 is 0 Å². The van der Waals surface area contributed by atoms with Gasteiger partial charge in [-0.1, -0.05) is 0 Å². The summed E-state index contributed by atoms with van der Waals surface area (Å²) in [6, 6.07) is 2.05. The highest BCUT2D eigenvalue weighted by atomic mass is 32.2. The molecule has 1 spiro atoms. The lowest BCUT2D eigenvalue weighted by molar-refractivity contribution is -0.169. The van der Waals surface area contributed by atoms with Crippen LogP contribution < -0.4 is 4.90 Å². The van der Waals surface area contributed by atoms with Crippen molar-refractivity contribution in [3.05, 3.63) is 35.5 Å². The Bertz CT molecular complexity index is 1090. The van der Waals surface area contributed by atoms with E-state index >= 15 is 0 Å². The van der Waals surface area contributed by atoms with Crippen molar-refractivity contribution < 1.29 is 27.3 Å². The summed E-state index contributed by atoms with van der Waals surface area (Å²) >= 11 is 0. The second-order valence-corrected chi connectivity index (χ2v) is 10.6. The molecule has 1 aromatic carbocycles. The van der Waals surface area contributed by atoms with Gasteiger partial charge in [-0.2, -0.15) is 0 Å². The number of rotatable bonds is 3. The van der Waals surface area contributed by atoms with Gasteiger partial charge in [0.25, 0.3) is 5.91 Å². The van der Waals surface area contributed by atoms with Gasteiger partial charge in [-0.3, -0.25) is 14.0 Å². The maximum Gasteiger partial charge on any atom is 0.257 e. The van der Waals surface area contributed by atoms with Crippen LogP contribution in [0.3, 0.4) is 0 Å². The largest absolute Gasteiger partial charge is 0.370 e. The van der Waals surface area contributed by atoms with Gasteiger partial charge in [0, 0.05) is 79.0 Å². The van der Waals surface area contributed by atoms with Gasteiger partial charge in [0.15, 0.2) is 11.6 Å². The van der Waals surface area contributed by atoms with E-state index in [0.717, 1.165) is 6.07 Å². The third-order valence-corrected chi connectivity index (χ3v) is 8.36. The quantitative estimate of drug-likeness (QED) is 0.674. The summed E-state index contributed by atoms with van der Waals surface area (Å²) in [6.45, 7) is 3.13. The predicted molar refractivity (Wildman–Crippen MR) is 121 cm³/mol. The van der Waals surface area contributed by atoms with Crippen molar-refractivity contribution >= 4 is 33.3 Å². The number of halogens is 2. The zero-order chi connectivity index (χ0) is 23.2. The Hall–Kier alpha value is -2.17. The van der Waals surface area contributed by atoms with E-state index in [1.54, 1.807) is 11.2 Å². The van der Waals surface area contributed by atoms with E-state index in [-0.39, 0.29) is 22.1 Å². The minimum absolute atomic E-state index is 0.0386. The molecule has 10 heteroatoms. The third kappa shape index (κ3) is 4.24. The fourth-order valence-corrected chi connectivity index (χ4v) is 6.00. The fraction of sp³-hybridized carbons (Fsp3) is 0.565. The first-order valence-electron chi connectivity index (χ1n) is 11.3. The smallest absolute Gasteiger partial charge is 0.257 e. The van der Waals surface area contributed by atoms with E-state index in [9.17, 15) is 17.8 Å². The zero-order valence-electron chi connectivity index (χ0n) is 18.5. The molecule has 178 valence electrons. The first-order valence-corrected chi connectivity index (χ1v) is 12.9. The molecule has 3 aliphatic heterocycles. The lowest BCUT2D eigenvalue weighted by Gasteiger charge is -2.40. The number of piperidine rings is 2. The number of nitrogens with zero attached hydrogens (tertiary/aromatic N) is 3. The van der Waals surface area contributed by atoms with Crippen molar-refractivity contribution in [2.45, 2.75) is 36.7 Å². The van der Waals surface area contributed by atoms with Crippen LogP contribution in [0, 0.1) is 11.6 Å². The molecule has 0 aliphatic carbocycles. The zero-order valence-corrected chi connectivity index (χ0v) is 19.3. The summed E-state index contributed by atoms with van der Waals surface area (Å²) in [6.07, 6.45) is 5.60. The van der Waals surface area contributed by atoms with Gasteiger partial charge in [0.05, 0.1) is 24.5 Å². The van der Waals surface area contributed by atoms with Crippen molar-refractivity contribution in [1.82, 2.24) is 9.88 Å². The molecular formula is C23H27F2N3O4S. The van der Waals surface area contributed by atoms with Crippen molar-refractivity contribution in [3.8, 4) is 0 Å². The van der Waals surface area contributed by atoms with Crippen molar-refractivity contribution in [2.75, 3.05) is 50.5 Å². The molecule has 1 unspecified atom stereocenters. The monoisotopic (exact) mass is 479 g/mol. The molecule has 1 aromatic heterocycles. The van der Waals surface area contributed by atoms with Crippen molar-refractivity contribution in [1.29, 1.82) is 0 Å². The van der Waals surface area contributed by atoms with Crippen LogP contribution in [0.25, 0.3) is 10.9 Å². The highest BCUT2D eigenvalue weighted by Gasteiger charge is 2.41. The number of ether oxygens (including phenoxy) is 2. The Morgan fingerprint density at radius 2 is 1.79 bits per heavy atom. The van der Waals surface area contributed by atoms with E-state index in [0.29, 0.717) is 76.3 Å². The maximum atomic E-state index is 14.6. The van der Waals surface area contributed by atoms with E-state index < -0.39 is 28.2 Å². The van der Waals surface area contributed by atoms with Gasteiger partial charge >= 0.3 is 0 Å². The van der Waals surface area contributed by atoms with Gasteiger partial charge in [-0.15, -0.1) is 0 Å². The molecule has 33 heavy (non-hydrogen) atoms. The summed E-state index contributed by atoms with van der Waals surface area (Å²) in [7, 11) is -0.927. The van der Waals surface area contributed by atoms with Crippen molar-refractivity contribution in [2.24, 2.45) is 0 Å². The van der Waals surface area contributed by atoms with Crippen LogP contribution in [0.4, 0.5) is 14.5 Å². The third-order valence-electron chi connectivity index (χ3n) is 6.95. The average Bonchev–Trinajstić information content (AvgIpc) is 3.26. The van der Waals surface area contributed by atoms with Crippen LogP contribution in [0.2, 0.25) is 0 Å². The predicted octanol–water partition coefficient (Wildman–Crippen LogP) is 2.84. The fourth-order valence-electron chi connectivity index (χ4n) is 5.13. The summed E-state index contributed by atoms with van der Waals surface area (Å²) in [4.78, 5) is 21.5. The van der Waals surface area contributed by atoms with E-state index in [4.69, 9.17) is 9.47 Å². The summed E-state index contributed by atoms with van der Waals surface area (Å²) in [5, 5.41) is 0.364. The van der Waals surface area contributed by atoms with Crippen LogP contribution in [0.5, 0.6) is 0 Å². The van der Waals surface area contributed by atoms with E-state index in [2.05, 4.69) is 4.98 Å². The molecule has 5 rings (SSSR count). The van der Waals surface area contributed by atoms with Crippen LogP contribution in [-0.4, -0.2) is 76.7 Å². The molecule has 7 nitrogen and oxygen atoms in total. The van der Waals surface area contributed by atoms with Crippen LogP contribution in [0.15, 0.2) is 18.3 Å². The molecule has 3 aliphatic rings. The molecule has 1 amide bonds. The second kappa shape index (κ2) is 8.88. The Morgan fingerprint density at radius 3 is 2.42 bits per heavy atom. The minimum atomic E-state index is -0.927. The molecule has 1 atom stereocenters. The lowest BCUT2D eigenvalue weighted by Crippen LogP contribution is -2.46. The van der Waals surface area contributed by atoms with Gasteiger partial charge in [0.1, 0.15) is 11.3 Å². The Kier molecular flexibility index (Phi) is 6.09. The van der Waals surface area contributed by atoms with Crippen molar-refractivity contribution in [3.63, 3.8) is 0 Å². The molecule has 0 saturated carbocycles. The Morgan fingerprint density at radius 1 is 1.12 bits per heavy atom. The molecule has 4 heterocycles. The number of carbonyl (C=O) groups excluding carboxylic acids is 1. The number of benzene rings is 1. The lowest BCUT2D eigenvalue weighted by atomic mass is 9.99. The summed E-state index contributed by atoms with van der Waals surface area (Å²) < 4.78 is 52.2. The Labute approximate surface area is 193 Å². The highest BCUT2D eigenvalue weighted by molar-refractivity contribution is 7.84. The average molecular weight is 480 g/mol. The molecule has 0 bridgehead atoms. The minimum Gasteiger partial charge on any atom is -0.370 e. The van der Waals surface area contributed by atoms with Gasteiger partial charge in [-0.05, 0) is 18.9 Å². The normalized spacial score (nSPS) is 22.3. The molecular weight excluding hydrogens is 452 g/mol. The molecule has 3 saturated heterocycles. The molecule has 0 radical (unpaired) electrons. The van der Waals surface area contributed by atoms with Gasteiger partial charge in [-0.25, -0.2) is 8.78 Å². The number of fused-ring (bicyclic) bond motifs is 1. The molecule has 3 fully saturated rings. The van der Waals surface area contributed by atoms with E-state index in [1.165, 1.54) is 12.3 Å².